The molecule has 0 fully saturated rings. The SMILES string of the molecule is CCC(=O)C1=C(O)C(=O)N(c2ccc(C(C)C)cc2)C1c1ccc(C(C)C)cc1. The Hall–Kier alpha value is -2.88. The topological polar surface area (TPSA) is 57.6 Å². The molecule has 0 radical (unpaired) electrons. The Morgan fingerprint density at radius 3 is 1.86 bits per heavy atom. The number of carbonyl (C=O) groups excluding carboxylic acids is 2. The third-order valence-corrected chi connectivity index (χ3v) is 5.59. The third kappa shape index (κ3) is 3.84. The highest BCUT2D eigenvalue weighted by Crippen LogP contribution is 2.41. The predicted octanol–water partition coefficient (Wildman–Crippen LogP) is 5.81. The van der Waals surface area contributed by atoms with Crippen LogP contribution < -0.4 is 4.90 Å². The van der Waals surface area contributed by atoms with Gasteiger partial charge in [-0.25, -0.2) is 0 Å². The maximum Gasteiger partial charge on any atom is 0.294 e. The molecule has 1 aliphatic rings. The van der Waals surface area contributed by atoms with E-state index in [-0.39, 0.29) is 17.8 Å². The van der Waals surface area contributed by atoms with Crippen LogP contribution in [0.5, 0.6) is 0 Å². The Balaban J connectivity index is 2.11. The fourth-order valence-electron chi connectivity index (χ4n) is 3.75. The van der Waals surface area contributed by atoms with Crippen molar-refractivity contribution < 1.29 is 14.7 Å². The van der Waals surface area contributed by atoms with Crippen LogP contribution in [0, 0.1) is 0 Å². The minimum atomic E-state index is -0.624. The summed E-state index contributed by atoms with van der Waals surface area (Å²) in [5.74, 6) is -0.425. The standard InChI is InChI=1S/C25H29NO3/c1-6-21(27)22-23(19-9-7-17(8-10-19)15(2)3)26(25(29)24(22)28)20-13-11-18(12-14-20)16(4)5/h7-16,23,28H,6H2,1-5H3. The van der Waals surface area contributed by atoms with Crippen LogP contribution in [0.15, 0.2) is 59.9 Å². The Morgan fingerprint density at radius 1 is 0.931 bits per heavy atom. The summed E-state index contributed by atoms with van der Waals surface area (Å²) in [5, 5.41) is 10.6. The molecule has 4 heteroatoms. The van der Waals surface area contributed by atoms with E-state index in [0.717, 1.165) is 5.56 Å². The minimum Gasteiger partial charge on any atom is -0.503 e. The molecule has 29 heavy (non-hydrogen) atoms. The average Bonchev–Trinajstić information content (AvgIpc) is 2.98. The van der Waals surface area contributed by atoms with Crippen LogP contribution in [-0.2, 0) is 9.59 Å². The van der Waals surface area contributed by atoms with E-state index in [1.54, 1.807) is 6.92 Å². The highest BCUT2D eigenvalue weighted by molar-refractivity contribution is 6.16. The van der Waals surface area contributed by atoms with Gasteiger partial charge >= 0.3 is 0 Å². The van der Waals surface area contributed by atoms with Gasteiger partial charge in [0.15, 0.2) is 11.5 Å². The monoisotopic (exact) mass is 391 g/mol. The second-order valence-corrected chi connectivity index (χ2v) is 8.18. The van der Waals surface area contributed by atoms with Gasteiger partial charge in [0.25, 0.3) is 5.91 Å². The number of amides is 1. The number of anilines is 1. The summed E-state index contributed by atoms with van der Waals surface area (Å²) >= 11 is 0. The van der Waals surface area contributed by atoms with Crippen LogP contribution in [0.2, 0.25) is 0 Å². The van der Waals surface area contributed by atoms with Crippen LogP contribution in [0.25, 0.3) is 0 Å². The van der Waals surface area contributed by atoms with Crippen LogP contribution >= 0.6 is 0 Å². The molecule has 0 saturated carbocycles. The van der Waals surface area contributed by atoms with Crippen molar-refractivity contribution >= 4 is 17.4 Å². The van der Waals surface area contributed by atoms with E-state index in [9.17, 15) is 14.7 Å². The zero-order valence-corrected chi connectivity index (χ0v) is 17.8. The molecule has 0 saturated heterocycles. The minimum absolute atomic E-state index is 0.183. The Bertz CT molecular complexity index is 937. The smallest absolute Gasteiger partial charge is 0.294 e. The van der Waals surface area contributed by atoms with E-state index >= 15 is 0 Å². The number of rotatable bonds is 6. The molecule has 1 atom stereocenters. The number of carbonyl (C=O) groups is 2. The number of aliphatic hydroxyl groups excluding tert-OH is 1. The Labute approximate surface area is 172 Å². The summed E-state index contributed by atoms with van der Waals surface area (Å²) in [7, 11) is 0. The van der Waals surface area contributed by atoms with Crippen molar-refractivity contribution in [2.45, 2.75) is 58.9 Å². The summed E-state index contributed by atoms with van der Waals surface area (Å²) in [6.45, 7) is 10.2. The van der Waals surface area contributed by atoms with Crippen molar-refractivity contribution in [3.8, 4) is 0 Å². The number of hydrogen-bond donors (Lipinski definition) is 1. The van der Waals surface area contributed by atoms with Gasteiger partial charge in [-0.15, -0.1) is 0 Å². The second kappa shape index (κ2) is 8.24. The van der Waals surface area contributed by atoms with Gasteiger partial charge in [0.1, 0.15) is 0 Å². The first-order valence-corrected chi connectivity index (χ1v) is 10.3. The molecule has 0 spiro atoms. The Morgan fingerprint density at radius 2 is 1.41 bits per heavy atom. The van der Waals surface area contributed by atoms with E-state index < -0.39 is 17.7 Å². The lowest BCUT2D eigenvalue weighted by Crippen LogP contribution is -2.31. The van der Waals surface area contributed by atoms with Crippen molar-refractivity contribution in [3.05, 3.63) is 76.6 Å². The zero-order chi connectivity index (χ0) is 21.3. The molecular weight excluding hydrogens is 362 g/mol. The molecule has 4 nitrogen and oxygen atoms in total. The largest absolute Gasteiger partial charge is 0.503 e. The fourth-order valence-corrected chi connectivity index (χ4v) is 3.75. The molecule has 1 heterocycles. The average molecular weight is 392 g/mol. The summed E-state index contributed by atoms with van der Waals surface area (Å²) in [6, 6.07) is 15.1. The van der Waals surface area contributed by atoms with Crippen molar-refractivity contribution in [1.29, 1.82) is 0 Å². The first-order chi connectivity index (χ1) is 13.8. The summed E-state index contributed by atoms with van der Waals surface area (Å²) in [4.78, 5) is 27.2. The van der Waals surface area contributed by atoms with E-state index in [1.165, 1.54) is 16.0 Å². The lowest BCUT2D eigenvalue weighted by molar-refractivity contribution is -0.118. The van der Waals surface area contributed by atoms with Gasteiger partial charge in [-0.3, -0.25) is 14.5 Å². The number of hydrogen-bond acceptors (Lipinski definition) is 3. The highest BCUT2D eigenvalue weighted by atomic mass is 16.3. The molecule has 1 aliphatic heterocycles. The molecule has 2 aromatic rings. The molecule has 1 N–H and O–H groups in total. The van der Waals surface area contributed by atoms with Crippen molar-refractivity contribution in [1.82, 2.24) is 0 Å². The van der Waals surface area contributed by atoms with Crippen LogP contribution in [0.1, 0.15) is 75.6 Å². The molecule has 0 aromatic heterocycles. The number of aliphatic hydroxyl groups is 1. The number of nitrogens with zero attached hydrogens (tertiary/aromatic N) is 1. The molecule has 2 aromatic carbocycles. The lowest BCUT2D eigenvalue weighted by Gasteiger charge is -2.27. The maximum absolute atomic E-state index is 13.0. The van der Waals surface area contributed by atoms with Crippen molar-refractivity contribution in [2.75, 3.05) is 4.90 Å². The van der Waals surface area contributed by atoms with Crippen LogP contribution in [-0.4, -0.2) is 16.8 Å². The van der Waals surface area contributed by atoms with Gasteiger partial charge in [-0.05, 0) is 40.7 Å². The normalized spacial score (nSPS) is 17.0. The summed E-state index contributed by atoms with van der Waals surface area (Å²) < 4.78 is 0. The highest BCUT2D eigenvalue weighted by Gasteiger charge is 2.43. The van der Waals surface area contributed by atoms with Crippen LogP contribution in [0.4, 0.5) is 5.69 Å². The lowest BCUT2D eigenvalue weighted by atomic mass is 9.92. The molecule has 152 valence electrons. The number of Topliss-reactive ketones (excluding diaryl/α,β-unsaturated/α-hetero) is 1. The maximum atomic E-state index is 13.0. The fraction of sp³-hybridized carbons (Fsp3) is 0.360. The van der Waals surface area contributed by atoms with Gasteiger partial charge in [0.2, 0.25) is 0 Å². The van der Waals surface area contributed by atoms with E-state index in [0.29, 0.717) is 17.5 Å². The van der Waals surface area contributed by atoms with E-state index in [4.69, 9.17) is 0 Å². The van der Waals surface area contributed by atoms with Gasteiger partial charge in [-0.2, -0.15) is 0 Å². The van der Waals surface area contributed by atoms with E-state index in [2.05, 4.69) is 27.7 Å². The zero-order valence-electron chi connectivity index (χ0n) is 17.8. The number of ketones is 1. The van der Waals surface area contributed by atoms with E-state index in [1.807, 2.05) is 48.5 Å². The van der Waals surface area contributed by atoms with Crippen molar-refractivity contribution in [3.63, 3.8) is 0 Å². The predicted molar refractivity (Wildman–Crippen MR) is 116 cm³/mol. The van der Waals surface area contributed by atoms with Gasteiger partial charge < -0.3 is 5.11 Å². The number of benzene rings is 2. The van der Waals surface area contributed by atoms with Crippen LogP contribution in [0.3, 0.4) is 0 Å². The molecule has 1 unspecified atom stereocenters. The summed E-state index contributed by atoms with van der Waals surface area (Å²) in [5.41, 5.74) is 4.02. The molecule has 3 rings (SSSR count). The molecular formula is C25H29NO3. The van der Waals surface area contributed by atoms with Gasteiger partial charge in [0.05, 0.1) is 11.6 Å². The molecule has 1 amide bonds. The second-order valence-electron chi connectivity index (χ2n) is 8.18. The third-order valence-electron chi connectivity index (χ3n) is 5.59. The first-order valence-electron chi connectivity index (χ1n) is 10.3. The van der Waals surface area contributed by atoms with Gasteiger partial charge in [-0.1, -0.05) is 71.0 Å². The molecule has 0 aliphatic carbocycles. The Kier molecular flexibility index (Phi) is 5.92. The summed E-state index contributed by atoms with van der Waals surface area (Å²) in [6.07, 6.45) is 0.230. The van der Waals surface area contributed by atoms with Gasteiger partial charge in [0, 0.05) is 12.1 Å². The quantitative estimate of drug-likeness (QED) is 0.676. The van der Waals surface area contributed by atoms with Crippen molar-refractivity contribution in [2.24, 2.45) is 0 Å². The first kappa shape index (κ1) is 20.8. The molecule has 0 bridgehead atoms.